The van der Waals surface area contributed by atoms with Crippen LogP contribution in [0.5, 0.6) is 0 Å². The van der Waals surface area contributed by atoms with Crippen molar-refractivity contribution in [1.29, 1.82) is 0 Å². The highest BCUT2D eigenvalue weighted by Crippen LogP contribution is 2.38. The number of nitrogens with two attached hydrogens (primary N) is 1. The number of sulfonamides is 1. The van der Waals surface area contributed by atoms with Gasteiger partial charge in [-0.2, -0.15) is 4.98 Å². The van der Waals surface area contributed by atoms with E-state index in [1.807, 2.05) is 0 Å². The van der Waals surface area contributed by atoms with Crippen molar-refractivity contribution < 1.29 is 13.2 Å². The first kappa shape index (κ1) is 21.3. The smallest absolute Gasteiger partial charge is 0.228 e. The molecular formula is C20H28N8O3S. The van der Waals surface area contributed by atoms with Crippen molar-refractivity contribution in [2.24, 2.45) is 0 Å². The number of hydrogen-bond acceptors (Lipinski definition) is 10. The molecular weight excluding hydrogens is 432 g/mol. The van der Waals surface area contributed by atoms with Crippen molar-refractivity contribution in [3.8, 4) is 11.3 Å². The van der Waals surface area contributed by atoms with Crippen LogP contribution in [0.4, 0.5) is 17.7 Å². The number of ether oxygens (including phenoxy) is 1. The van der Waals surface area contributed by atoms with Crippen molar-refractivity contribution in [1.82, 2.24) is 24.2 Å². The first-order valence-electron chi connectivity index (χ1n) is 10.9. The van der Waals surface area contributed by atoms with Gasteiger partial charge < -0.3 is 20.3 Å². The van der Waals surface area contributed by atoms with Gasteiger partial charge in [-0.3, -0.25) is 0 Å². The van der Waals surface area contributed by atoms with Gasteiger partial charge in [0.1, 0.15) is 5.82 Å². The van der Waals surface area contributed by atoms with E-state index in [1.165, 1.54) is 6.26 Å². The largest absolute Gasteiger partial charge is 0.377 e. The van der Waals surface area contributed by atoms with Crippen LogP contribution in [-0.4, -0.2) is 90.4 Å². The number of anilines is 3. The van der Waals surface area contributed by atoms with Gasteiger partial charge in [0, 0.05) is 55.7 Å². The van der Waals surface area contributed by atoms with Crippen molar-refractivity contribution in [2.75, 3.05) is 61.2 Å². The fourth-order valence-electron chi connectivity index (χ4n) is 4.74. The maximum atomic E-state index is 12.0. The Morgan fingerprint density at radius 1 is 1.12 bits per heavy atom. The number of morpholine rings is 1. The molecule has 5 heterocycles. The van der Waals surface area contributed by atoms with Crippen LogP contribution in [0.3, 0.4) is 0 Å². The molecule has 11 nitrogen and oxygen atoms in total. The van der Waals surface area contributed by atoms with Gasteiger partial charge in [0.15, 0.2) is 0 Å². The molecule has 2 saturated heterocycles. The van der Waals surface area contributed by atoms with E-state index in [2.05, 4.69) is 26.7 Å². The van der Waals surface area contributed by atoms with E-state index in [0.717, 1.165) is 42.0 Å². The summed E-state index contributed by atoms with van der Waals surface area (Å²) in [6.45, 7) is 5.84. The monoisotopic (exact) mass is 460 g/mol. The van der Waals surface area contributed by atoms with Gasteiger partial charge in [0.25, 0.3) is 0 Å². The molecule has 32 heavy (non-hydrogen) atoms. The highest BCUT2D eigenvalue weighted by molar-refractivity contribution is 7.88. The Labute approximate surface area is 187 Å². The summed E-state index contributed by atoms with van der Waals surface area (Å²) in [7, 11) is -3.21. The van der Waals surface area contributed by atoms with Gasteiger partial charge in [-0.1, -0.05) is 0 Å². The van der Waals surface area contributed by atoms with E-state index in [0.29, 0.717) is 38.8 Å². The van der Waals surface area contributed by atoms with Crippen molar-refractivity contribution in [3.63, 3.8) is 0 Å². The highest BCUT2D eigenvalue weighted by atomic mass is 32.2. The molecule has 3 aliphatic heterocycles. The zero-order chi connectivity index (χ0) is 22.5. The summed E-state index contributed by atoms with van der Waals surface area (Å²) in [6, 6.07) is 0.241. The second kappa shape index (κ2) is 8.09. The van der Waals surface area contributed by atoms with Crippen LogP contribution in [0.15, 0.2) is 12.4 Å². The fourth-order valence-corrected chi connectivity index (χ4v) is 5.62. The van der Waals surface area contributed by atoms with Gasteiger partial charge in [-0.05, 0) is 19.8 Å². The van der Waals surface area contributed by atoms with Crippen molar-refractivity contribution in [3.05, 3.63) is 18.0 Å². The Balaban J connectivity index is 1.56. The lowest BCUT2D eigenvalue weighted by Crippen LogP contribution is -2.45. The van der Waals surface area contributed by atoms with E-state index in [9.17, 15) is 8.42 Å². The molecule has 0 saturated carbocycles. The number of aromatic nitrogens is 4. The Hall–Kier alpha value is -2.57. The summed E-state index contributed by atoms with van der Waals surface area (Å²) in [6.07, 6.45) is 6.22. The van der Waals surface area contributed by atoms with Crippen LogP contribution in [-0.2, 0) is 21.2 Å². The fraction of sp³-hybridized carbons (Fsp3) is 0.600. The highest BCUT2D eigenvalue weighted by Gasteiger charge is 2.38. The standard InChI is InChI=1S/C20H28N8O3S/c1-13-12-31-8-7-27(13)20-24-17(14-9-22-19(21)23-10-14)16-4-6-28(18(16)25-20)15-3-5-26(11-15)32(2,29)30/h9-10,13,15H,3-8,11-12H2,1-2H3,(H2,21,22,23). The molecule has 2 fully saturated rings. The minimum atomic E-state index is -3.21. The molecule has 0 spiro atoms. The van der Waals surface area contributed by atoms with Crippen LogP contribution < -0.4 is 15.5 Å². The minimum absolute atomic E-state index is 0.0892. The summed E-state index contributed by atoms with van der Waals surface area (Å²) in [5, 5.41) is 0. The summed E-state index contributed by atoms with van der Waals surface area (Å²) in [5.41, 5.74) is 8.35. The van der Waals surface area contributed by atoms with Crippen LogP contribution in [0.1, 0.15) is 18.9 Å². The normalized spacial score (nSPS) is 24.2. The Kier molecular flexibility index (Phi) is 5.38. The number of nitrogens with zero attached hydrogens (tertiary/aromatic N) is 7. The van der Waals surface area contributed by atoms with E-state index in [-0.39, 0.29) is 18.0 Å². The summed E-state index contributed by atoms with van der Waals surface area (Å²) in [4.78, 5) is 22.7. The molecule has 0 aromatic carbocycles. The summed E-state index contributed by atoms with van der Waals surface area (Å²) < 4.78 is 31.2. The molecule has 0 aliphatic carbocycles. The molecule has 5 rings (SSSR count). The van der Waals surface area contributed by atoms with E-state index >= 15 is 0 Å². The number of fused-ring (bicyclic) bond motifs is 1. The van der Waals surface area contributed by atoms with Gasteiger partial charge in [0.2, 0.25) is 21.9 Å². The quantitative estimate of drug-likeness (QED) is 0.672. The molecule has 2 aromatic heterocycles. The average Bonchev–Trinajstić information content (AvgIpc) is 3.41. The van der Waals surface area contributed by atoms with Gasteiger partial charge in [-0.15, -0.1) is 0 Å². The lowest BCUT2D eigenvalue weighted by molar-refractivity contribution is 0.0981. The molecule has 2 N–H and O–H groups in total. The number of nitrogen functional groups attached to an aromatic ring is 1. The molecule has 2 unspecified atom stereocenters. The lowest BCUT2D eigenvalue weighted by atomic mass is 10.1. The molecule has 12 heteroatoms. The number of rotatable bonds is 4. The SMILES string of the molecule is CC1COCCN1c1nc(-c2cnc(N)nc2)c2c(n1)N(C1CCN(S(C)(=O)=O)C1)CC2. The Bertz CT molecular complexity index is 1110. The Morgan fingerprint density at radius 3 is 2.59 bits per heavy atom. The van der Waals surface area contributed by atoms with Crippen LogP contribution in [0, 0.1) is 0 Å². The van der Waals surface area contributed by atoms with E-state index in [4.69, 9.17) is 20.4 Å². The molecule has 172 valence electrons. The van der Waals surface area contributed by atoms with Crippen LogP contribution >= 0.6 is 0 Å². The first-order chi connectivity index (χ1) is 15.3. The predicted octanol–water partition coefficient (Wildman–Crippen LogP) is 0.137. The van der Waals surface area contributed by atoms with Crippen molar-refractivity contribution >= 4 is 27.7 Å². The summed E-state index contributed by atoms with van der Waals surface area (Å²) >= 11 is 0. The second-order valence-corrected chi connectivity index (χ2v) is 10.6. The maximum absolute atomic E-state index is 12.0. The van der Waals surface area contributed by atoms with Crippen LogP contribution in [0.25, 0.3) is 11.3 Å². The zero-order valence-corrected chi connectivity index (χ0v) is 19.1. The molecule has 0 bridgehead atoms. The zero-order valence-electron chi connectivity index (χ0n) is 18.3. The van der Waals surface area contributed by atoms with Gasteiger partial charge in [-0.25, -0.2) is 27.7 Å². The average molecular weight is 461 g/mol. The topological polar surface area (TPSA) is 131 Å². The third-order valence-electron chi connectivity index (χ3n) is 6.45. The molecule has 0 radical (unpaired) electrons. The number of hydrogen-bond donors (Lipinski definition) is 1. The van der Waals surface area contributed by atoms with Gasteiger partial charge >= 0.3 is 0 Å². The van der Waals surface area contributed by atoms with Crippen molar-refractivity contribution in [2.45, 2.75) is 31.8 Å². The maximum Gasteiger partial charge on any atom is 0.228 e. The molecule has 2 aromatic rings. The molecule has 0 amide bonds. The first-order valence-corrected chi connectivity index (χ1v) is 12.7. The molecule has 2 atom stereocenters. The van der Waals surface area contributed by atoms with E-state index in [1.54, 1.807) is 16.7 Å². The van der Waals surface area contributed by atoms with E-state index < -0.39 is 10.0 Å². The third-order valence-corrected chi connectivity index (χ3v) is 7.72. The molecule has 3 aliphatic rings. The predicted molar refractivity (Wildman–Crippen MR) is 121 cm³/mol. The third kappa shape index (κ3) is 3.86. The van der Waals surface area contributed by atoms with Crippen LogP contribution in [0.2, 0.25) is 0 Å². The minimum Gasteiger partial charge on any atom is -0.377 e. The van der Waals surface area contributed by atoms with Gasteiger partial charge in [0.05, 0.1) is 31.2 Å². The Morgan fingerprint density at radius 2 is 1.91 bits per heavy atom. The lowest BCUT2D eigenvalue weighted by Gasteiger charge is -2.34. The summed E-state index contributed by atoms with van der Waals surface area (Å²) in [5.74, 6) is 1.74. The second-order valence-electron chi connectivity index (χ2n) is 8.63.